The molecule has 0 saturated carbocycles. The third-order valence-corrected chi connectivity index (χ3v) is 4.34. The zero-order chi connectivity index (χ0) is 9.30. The van der Waals surface area contributed by atoms with Crippen molar-refractivity contribution in [1.82, 2.24) is 0 Å². The molecule has 1 aromatic rings. The largest absolute Gasteiger partial charge is 0.507 e. The van der Waals surface area contributed by atoms with Gasteiger partial charge in [-0.2, -0.15) is 0 Å². The lowest BCUT2D eigenvalue weighted by atomic mass is 10.2. The molecule has 1 aromatic carbocycles. The predicted molar refractivity (Wildman–Crippen MR) is 60.5 cm³/mol. The summed E-state index contributed by atoms with van der Waals surface area (Å²) >= 11 is 3.92. The van der Waals surface area contributed by atoms with Crippen LogP contribution in [0.1, 0.15) is 10.4 Å². The van der Waals surface area contributed by atoms with Gasteiger partial charge in [-0.15, -0.1) is 0 Å². The molecule has 0 bridgehead atoms. The molecule has 0 spiro atoms. The van der Waals surface area contributed by atoms with Crippen LogP contribution in [0.3, 0.4) is 0 Å². The predicted octanol–water partition coefficient (Wildman–Crippen LogP) is 2.30. The van der Waals surface area contributed by atoms with Crippen molar-refractivity contribution in [3.8, 4) is 5.75 Å². The average molecular weight is 390 g/mol. The molecule has 0 aliphatic heterocycles. The number of aromatic carboxylic acids is 1. The van der Waals surface area contributed by atoms with E-state index in [2.05, 4.69) is 0 Å². The minimum absolute atomic E-state index is 0.0255. The van der Waals surface area contributed by atoms with Crippen LogP contribution in [0.25, 0.3) is 0 Å². The van der Waals surface area contributed by atoms with Crippen LogP contribution in [0, 0.1) is 7.14 Å². The van der Waals surface area contributed by atoms with Crippen molar-refractivity contribution < 1.29 is 15.0 Å². The van der Waals surface area contributed by atoms with E-state index in [4.69, 9.17) is 5.11 Å². The van der Waals surface area contributed by atoms with E-state index in [1.807, 2.05) is 45.2 Å². The highest BCUT2D eigenvalue weighted by Crippen LogP contribution is 2.26. The minimum atomic E-state index is -1.10. The number of phenols is 1. The number of aromatic hydroxyl groups is 1. The fourth-order valence-corrected chi connectivity index (χ4v) is 1.88. The lowest BCUT2D eigenvalue weighted by Crippen LogP contribution is -2.01. The van der Waals surface area contributed by atoms with E-state index in [0.29, 0.717) is 3.57 Å². The lowest BCUT2D eigenvalue weighted by Gasteiger charge is -2.03. The molecule has 0 atom stereocenters. The summed E-state index contributed by atoms with van der Waals surface area (Å²) in [6.45, 7) is 0. The normalized spacial score (nSPS) is 9.83. The second-order valence-corrected chi connectivity index (χ2v) is 4.30. The van der Waals surface area contributed by atoms with E-state index in [9.17, 15) is 9.90 Å². The van der Waals surface area contributed by atoms with Crippen molar-refractivity contribution in [1.29, 1.82) is 0 Å². The molecule has 1 rings (SSSR count). The second kappa shape index (κ2) is 3.77. The van der Waals surface area contributed by atoms with Crippen LogP contribution in [0.5, 0.6) is 5.75 Å². The van der Waals surface area contributed by atoms with Gasteiger partial charge in [-0.05, 0) is 57.3 Å². The van der Waals surface area contributed by atoms with Crippen LogP contribution in [-0.4, -0.2) is 16.2 Å². The summed E-state index contributed by atoms with van der Waals surface area (Å²) < 4.78 is 1.39. The summed E-state index contributed by atoms with van der Waals surface area (Å²) in [5, 5.41) is 17.9. The van der Waals surface area contributed by atoms with Gasteiger partial charge in [0.2, 0.25) is 0 Å². The maximum Gasteiger partial charge on any atom is 0.340 e. The number of carbonyl (C=O) groups is 1. The minimum Gasteiger partial charge on any atom is -0.507 e. The van der Waals surface area contributed by atoms with Gasteiger partial charge in [0.05, 0.1) is 0 Å². The molecule has 5 heteroatoms. The number of hydrogen-bond donors (Lipinski definition) is 2. The Morgan fingerprint density at radius 3 is 2.33 bits per heavy atom. The zero-order valence-corrected chi connectivity index (χ0v) is 10.0. The first-order valence-electron chi connectivity index (χ1n) is 2.94. The van der Waals surface area contributed by atoms with E-state index in [1.54, 1.807) is 6.07 Å². The molecule has 2 N–H and O–H groups in total. The monoisotopic (exact) mass is 390 g/mol. The number of hydrogen-bond acceptors (Lipinski definition) is 2. The molecular formula is C7H4I2O3. The van der Waals surface area contributed by atoms with Crippen LogP contribution < -0.4 is 0 Å². The third-order valence-electron chi connectivity index (χ3n) is 1.29. The fraction of sp³-hybridized carbons (Fsp3) is 0. The molecule has 0 aromatic heterocycles. The first-order chi connectivity index (χ1) is 5.54. The van der Waals surface area contributed by atoms with Gasteiger partial charge in [0, 0.05) is 7.14 Å². The zero-order valence-electron chi connectivity index (χ0n) is 5.71. The van der Waals surface area contributed by atoms with Crippen molar-refractivity contribution in [2.75, 3.05) is 0 Å². The van der Waals surface area contributed by atoms with Gasteiger partial charge in [0.15, 0.2) is 0 Å². The first-order valence-corrected chi connectivity index (χ1v) is 5.10. The Morgan fingerprint density at radius 2 is 1.92 bits per heavy atom. The smallest absolute Gasteiger partial charge is 0.340 e. The van der Waals surface area contributed by atoms with Gasteiger partial charge in [0.1, 0.15) is 11.3 Å². The molecule has 0 amide bonds. The summed E-state index contributed by atoms with van der Waals surface area (Å²) in [5.41, 5.74) is -0.0255. The van der Waals surface area contributed by atoms with Gasteiger partial charge in [-0.25, -0.2) is 4.79 Å². The summed E-state index contributed by atoms with van der Waals surface area (Å²) in [5.74, 6) is -1.29. The number of benzene rings is 1. The first kappa shape index (κ1) is 10.0. The SMILES string of the molecule is O=C(O)c1c(O)ccc(I)c1I. The van der Waals surface area contributed by atoms with E-state index < -0.39 is 5.97 Å². The molecule has 3 nitrogen and oxygen atoms in total. The Bertz CT molecular complexity index is 336. The number of carboxylic acids is 1. The quantitative estimate of drug-likeness (QED) is 0.724. The maximum absolute atomic E-state index is 10.6. The van der Waals surface area contributed by atoms with Crippen LogP contribution in [0.2, 0.25) is 0 Å². The maximum atomic E-state index is 10.6. The highest BCUT2D eigenvalue weighted by atomic mass is 127. The van der Waals surface area contributed by atoms with Crippen LogP contribution >= 0.6 is 45.2 Å². The Morgan fingerprint density at radius 1 is 1.33 bits per heavy atom. The van der Waals surface area contributed by atoms with Crippen LogP contribution in [0.15, 0.2) is 12.1 Å². The van der Waals surface area contributed by atoms with E-state index in [-0.39, 0.29) is 11.3 Å². The van der Waals surface area contributed by atoms with E-state index >= 15 is 0 Å². The molecule has 64 valence electrons. The molecule has 0 aliphatic rings. The van der Waals surface area contributed by atoms with E-state index in [0.717, 1.165) is 3.57 Å². The van der Waals surface area contributed by atoms with Crippen molar-refractivity contribution in [3.63, 3.8) is 0 Å². The second-order valence-electron chi connectivity index (χ2n) is 2.06. The average Bonchev–Trinajstić information content (AvgIpc) is 1.97. The van der Waals surface area contributed by atoms with Gasteiger partial charge in [-0.1, -0.05) is 0 Å². The highest BCUT2D eigenvalue weighted by molar-refractivity contribution is 14.1. The molecule has 0 unspecified atom stereocenters. The third kappa shape index (κ3) is 1.82. The van der Waals surface area contributed by atoms with Gasteiger partial charge < -0.3 is 10.2 Å². The molecule has 0 radical (unpaired) electrons. The standard InChI is InChI=1S/C7H4I2O3/c8-3-1-2-4(10)5(6(3)9)7(11)12/h1-2,10H,(H,11,12). The van der Waals surface area contributed by atoms with Crippen molar-refractivity contribution in [3.05, 3.63) is 24.8 Å². The van der Waals surface area contributed by atoms with Crippen molar-refractivity contribution in [2.24, 2.45) is 0 Å². The summed E-state index contributed by atoms with van der Waals surface area (Å²) in [4.78, 5) is 10.6. The number of carboxylic acid groups (broad SMARTS) is 1. The highest BCUT2D eigenvalue weighted by Gasteiger charge is 2.15. The fourth-order valence-electron chi connectivity index (χ4n) is 0.744. The summed E-state index contributed by atoms with van der Waals surface area (Å²) in [6, 6.07) is 3.05. The van der Waals surface area contributed by atoms with Crippen LogP contribution in [-0.2, 0) is 0 Å². The van der Waals surface area contributed by atoms with Gasteiger partial charge in [-0.3, -0.25) is 0 Å². The molecule has 12 heavy (non-hydrogen) atoms. The lowest BCUT2D eigenvalue weighted by molar-refractivity contribution is 0.0692. The van der Waals surface area contributed by atoms with Crippen molar-refractivity contribution >= 4 is 51.2 Å². The van der Waals surface area contributed by atoms with E-state index in [1.165, 1.54) is 6.07 Å². The van der Waals surface area contributed by atoms with Crippen LogP contribution in [0.4, 0.5) is 0 Å². The number of rotatable bonds is 1. The Kier molecular flexibility index (Phi) is 3.16. The van der Waals surface area contributed by atoms with Gasteiger partial charge >= 0.3 is 5.97 Å². The molecular weight excluding hydrogens is 386 g/mol. The van der Waals surface area contributed by atoms with Crippen molar-refractivity contribution in [2.45, 2.75) is 0 Å². The Balaban J connectivity index is 3.43. The summed E-state index contributed by atoms with van der Waals surface area (Å²) in [6.07, 6.45) is 0. The molecule has 0 fully saturated rings. The Labute approximate surface area is 96.1 Å². The molecule has 0 aliphatic carbocycles. The number of halogens is 2. The topological polar surface area (TPSA) is 57.5 Å². The van der Waals surface area contributed by atoms with Gasteiger partial charge in [0.25, 0.3) is 0 Å². The summed E-state index contributed by atoms with van der Waals surface area (Å²) in [7, 11) is 0. The molecule has 0 saturated heterocycles. The molecule has 0 heterocycles. The Hall–Kier alpha value is -0.0500.